The van der Waals surface area contributed by atoms with Crippen LogP contribution in [0.2, 0.25) is 0 Å². The maximum atomic E-state index is 8.36. The molecular weight excluding hydrogens is 157 g/mol. The monoisotopic (exact) mass is 163 g/mol. The maximum absolute atomic E-state index is 8.36. The van der Waals surface area contributed by atoms with E-state index in [4.69, 9.17) is 9.90 Å². The third-order valence-corrected chi connectivity index (χ3v) is 0.517. The summed E-state index contributed by atoms with van der Waals surface area (Å²) in [5.41, 5.74) is 0. The molecule has 1 heterocycles. The van der Waals surface area contributed by atoms with E-state index < -0.39 is 0 Å². The topological polar surface area (TPSA) is 50.2 Å². The van der Waals surface area contributed by atoms with Crippen LogP contribution in [0.1, 0.15) is 0 Å². The van der Waals surface area contributed by atoms with Gasteiger partial charge in [0.15, 0.2) is 0 Å². The molecule has 0 saturated heterocycles. The van der Waals surface area contributed by atoms with Crippen LogP contribution in [0.15, 0.2) is 24.4 Å². The summed E-state index contributed by atoms with van der Waals surface area (Å²) < 4.78 is 0. The molecule has 4 heteroatoms. The Morgan fingerprint density at radius 1 is 1.50 bits per heavy atom. The SMILES string of the molecule is O=CO.[K+].[c-]1ccccn1. The molecule has 1 aromatic rings. The zero-order valence-corrected chi connectivity index (χ0v) is 8.81. The number of aromatic nitrogens is 1. The zero-order chi connectivity index (χ0) is 6.95. The minimum absolute atomic E-state index is 0. The first-order valence-corrected chi connectivity index (χ1v) is 2.26. The van der Waals surface area contributed by atoms with E-state index in [1.54, 1.807) is 12.3 Å². The summed E-state index contributed by atoms with van der Waals surface area (Å²) in [4.78, 5) is 12.0. The van der Waals surface area contributed by atoms with Crippen LogP contribution < -0.4 is 51.4 Å². The van der Waals surface area contributed by atoms with Crippen molar-refractivity contribution in [1.82, 2.24) is 4.98 Å². The molecule has 3 nitrogen and oxygen atoms in total. The molecule has 0 unspecified atom stereocenters. The van der Waals surface area contributed by atoms with Crippen molar-refractivity contribution in [2.45, 2.75) is 0 Å². The van der Waals surface area contributed by atoms with E-state index >= 15 is 0 Å². The van der Waals surface area contributed by atoms with E-state index in [0.717, 1.165) is 0 Å². The summed E-state index contributed by atoms with van der Waals surface area (Å²) in [5.74, 6) is 0. The van der Waals surface area contributed by atoms with Gasteiger partial charge in [-0.15, -0.1) is 0 Å². The van der Waals surface area contributed by atoms with Gasteiger partial charge in [0.05, 0.1) is 0 Å². The van der Waals surface area contributed by atoms with Crippen LogP contribution in [0.25, 0.3) is 0 Å². The van der Waals surface area contributed by atoms with Crippen LogP contribution in [0.5, 0.6) is 0 Å². The van der Waals surface area contributed by atoms with E-state index in [9.17, 15) is 0 Å². The van der Waals surface area contributed by atoms with Gasteiger partial charge in [-0.1, -0.05) is 12.4 Å². The summed E-state index contributed by atoms with van der Waals surface area (Å²) in [5, 5.41) is 6.89. The smallest absolute Gasteiger partial charge is 0.483 e. The number of rotatable bonds is 0. The van der Waals surface area contributed by atoms with Gasteiger partial charge >= 0.3 is 51.4 Å². The minimum Gasteiger partial charge on any atom is -0.483 e. The summed E-state index contributed by atoms with van der Waals surface area (Å²) in [6.07, 6.45) is 4.34. The van der Waals surface area contributed by atoms with Crippen LogP contribution in [0.3, 0.4) is 0 Å². The number of hydrogen-bond donors (Lipinski definition) is 1. The van der Waals surface area contributed by atoms with Gasteiger partial charge in [-0.05, 0) is 0 Å². The molecule has 1 aromatic heterocycles. The molecule has 0 spiro atoms. The molecule has 0 saturated carbocycles. The molecule has 0 aliphatic carbocycles. The molecule has 1 rings (SSSR count). The van der Waals surface area contributed by atoms with Crippen molar-refractivity contribution >= 4 is 6.47 Å². The van der Waals surface area contributed by atoms with Gasteiger partial charge in [-0.2, -0.15) is 18.2 Å². The van der Waals surface area contributed by atoms with Crippen molar-refractivity contribution in [3.05, 3.63) is 30.6 Å². The Bertz CT molecular complexity index is 119. The van der Waals surface area contributed by atoms with Gasteiger partial charge in [-0.25, -0.2) is 0 Å². The Balaban J connectivity index is 0. The second-order valence-electron chi connectivity index (χ2n) is 1.06. The van der Waals surface area contributed by atoms with Gasteiger partial charge in [-0.3, -0.25) is 4.79 Å². The van der Waals surface area contributed by atoms with Crippen LogP contribution in [-0.2, 0) is 4.79 Å². The first-order chi connectivity index (χ1) is 4.41. The predicted octanol–water partition coefficient (Wildman–Crippen LogP) is -2.41. The number of hydrogen-bond acceptors (Lipinski definition) is 2. The third-order valence-electron chi connectivity index (χ3n) is 0.517. The molecule has 10 heavy (non-hydrogen) atoms. The Kier molecular flexibility index (Phi) is 15.4. The molecule has 0 radical (unpaired) electrons. The van der Waals surface area contributed by atoms with Gasteiger partial charge in [0.1, 0.15) is 0 Å². The van der Waals surface area contributed by atoms with Gasteiger partial charge in [0, 0.05) is 0 Å². The van der Waals surface area contributed by atoms with E-state index in [0.29, 0.717) is 0 Å². The van der Waals surface area contributed by atoms with Gasteiger partial charge in [0.2, 0.25) is 0 Å². The third kappa shape index (κ3) is 11.1. The van der Waals surface area contributed by atoms with E-state index in [2.05, 4.69) is 11.2 Å². The van der Waals surface area contributed by atoms with Gasteiger partial charge < -0.3 is 10.1 Å². The predicted molar refractivity (Wildman–Crippen MR) is 31.8 cm³/mol. The first-order valence-electron chi connectivity index (χ1n) is 2.26. The molecule has 0 aromatic carbocycles. The Labute approximate surface area is 102 Å². The second-order valence-corrected chi connectivity index (χ2v) is 1.06. The summed E-state index contributed by atoms with van der Waals surface area (Å²) in [7, 11) is 0. The zero-order valence-electron chi connectivity index (χ0n) is 5.69. The molecule has 0 atom stereocenters. The standard InChI is InChI=1S/C5H4N.CH2O2.K/c1-2-4-6-5-3-1;2-1-3;/h1-4H;1H,(H,2,3);/q-1;;+1. The molecule has 0 fully saturated rings. The number of nitrogens with zero attached hydrogens (tertiary/aromatic N) is 1. The average Bonchev–Trinajstić information content (AvgIpc) is 1.93. The fraction of sp³-hybridized carbons (Fsp3) is 0. The van der Waals surface area contributed by atoms with E-state index in [1.165, 1.54) is 0 Å². The van der Waals surface area contributed by atoms with Crippen molar-refractivity contribution in [3.8, 4) is 0 Å². The molecule has 0 amide bonds. The molecule has 0 aliphatic heterocycles. The van der Waals surface area contributed by atoms with Crippen LogP contribution >= 0.6 is 0 Å². The Morgan fingerprint density at radius 3 is 2.20 bits per heavy atom. The number of pyridine rings is 1. The van der Waals surface area contributed by atoms with Crippen molar-refractivity contribution < 1.29 is 61.3 Å². The molecular formula is C6H6KNO2. The van der Waals surface area contributed by atoms with Crippen molar-refractivity contribution in [3.63, 3.8) is 0 Å². The van der Waals surface area contributed by atoms with Crippen LogP contribution in [0, 0.1) is 6.20 Å². The van der Waals surface area contributed by atoms with E-state index in [1.807, 2.05) is 12.1 Å². The molecule has 0 bridgehead atoms. The van der Waals surface area contributed by atoms with Crippen LogP contribution in [-0.4, -0.2) is 16.6 Å². The Hall–Kier alpha value is 0.256. The Morgan fingerprint density at radius 2 is 2.10 bits per heavy atom. The fourth-order valence-corrected chi connectivity index (χ4v) is 0.277. The van der Waals surface area contributed by atoms with Crippen molar-refractivity contribution in [1.29, 1.82) is 0 Å². The van der Waals surface area contributed by atoms with Crippen LogP contribution in [0.4, 0.5) is 0 Å². The first kappa shape index (κ1) is 12.9. The average molecular weight is 163 g/mol. The molecule has 1 N–H and O–H groups in total. The van der Waals surface area contributed by atoms with Crippen molar-refractivity contribution in [2.24, 2.45) is 0 Å². The quantitative estimate of drug-likeness (QED) is 0.263. The fourth-order valence-electron chi connectivity index (χ4n) is 0.277. The van der Waals surface area contributed by atoms with E-state index in [-0.39, 0.29) is 57.9 Å². The molecule has 48 valence electrons. The summed E-state index contributed by atoms with van der Waals surface area (Å²) in [6, 6.07) is 5.50. The summed E-state index contributed by atoms with van der Waals surface area (Å²) >= 11 is 0. The van der Waals surface area contributed by atoms with Crippen molar-refractivity contribution in [2.75, 3.05) is 0 Å². The van der Waals surface area contributed by atoms with Gasteiger partial charge in [0.25, 0.3) is 6.47 Å². The molecule has 0 aliphatic rings. The summed E-state index contributed by atoms with van der Waals surface area (Å²) in [6.45, 7) is -0.250. The number of carbonyl (C=O) groups is 1. The maximum Gasteiger partial charge on any atom is 1.00 e. The minimum atomic E-state index is -0.250. The largest absolute Gasteiger partial charge is 1.00 e. The number of carboxylic acid groups (broad SMARTS) is 1. The normalized spacial score (nSPS) is 6.00. The second kappa shape index (κ2) is 12.0.